The number of aromatic nitrogens is 3. The van der Waals surface area contributed by atoms with Crippen molar-refractivity contribution in [2.45, 2.75) is 39.7 Å². The molecule has 0 spiro atoms. The Morgan fingerprint density at radius 2 is 2.11 bits per heavy atom. The van der Waals surface area contributed by atoms with Crippen LogP contribution in [0.3, 0.4) is 0 Å². The van der Waals surface area contributed by atoms with Crippen molar-refractivity contribution >= 4 is 5.91 Å². The summed E-state index contributed by atoms with van der Waals surface area (Å²) in [6.07, 6.45) is 1.68. The van der Waals surface area contributed by atoms with E-state index < -0.39 is 0 Å². The van der Waals surface area contributed by atoms with E-state index in [1.807, 2.05) is 21.0 Å². The van der Waals surface area contributed by atoms with Crippen molar-refractivity contribution in [3.8, 4) is 0 Å². The third-order valence-electron chi connectivity index (χ3n) is 2.75. The lowest BCUT2D eigenvalue weighted by Crippen LogP contribution is -2.42. The Bertz CT molecular complexity index is 389. The van der Waals surface area contributed by atoms with Crippen LogP contribution >= 0.6 is 0 Å². The van der Waals surface area contributed by atoms with E-state index in [9.17, 15) is 4.79 Å². The van der Waals surface area contributed by atoms with Gasteiger partial charge in [-0.15, -0.1) is 5.10 Å². The fourth-order valence-electron chi connectivity index (χ4n) is 1.99. The molecule has 0 aliphatic heterocycles. The van der Waals surface area contributed by atoms with Crippen LogP contribution in [0.4, 0.5) is 0 Å². The van der Waals surface area contributed by atoms with Gasteiger partial charge in [0.2, 0.25) is 5.82 Å². The molecule has 0 bridgehead atoms. The van der Waals surface area contributed by atoms with Gasteiger partial charge in [-0.05, 0) is 26.4 Å². The van der Waals surface area contributed by atoms with Crippen LogP contribution in [-0.2, 0) is 6.42 Å². The van der Waals surface area contributed by atoms with Crippen molar-refractivity contribution in [1.29, 1.82) is 0 Å². The van der Waals surface area contributed by atoms with E-state index in [1.54, 1.807) is 0 Å². The Kier molecular flexibility index (Phi) is 5.95. The first-order valence-corrected chi connectivity index (χ1v) is 6.79. The molecule has 6 nitrogen and oxygen atoms in total. The summed E-state index contributed by atoms with van der Waals surface area (Å²) in [5, 5.41) is 9.70. The first-order chi connectivity index (χ1) is 8.92. The van der Waals surface area contributed by atoms with Gasteiger partial charge >= 0.3 is 0 Å². The van der Waals surface area contributed by atoms with Gasteiger partial charge in [-0.2, -0.15) is 0 Å². The van der Waals surface area contributed by atoms with E-state index in [2.05, 4.69) is 39.2 Å². The van der Waals surface area contributed by atoms with Crippen LogP contribution in [0.2, 0.25) is 0 Å². The first-order valence-electron chi connectivity index (χ1n) is 6.79. The molecular weight excluding hydrogens is 242 g/mol. The third kappa shape index (κ3) is 5.38. The van der Waals surface area contributed by atoms with E-state index in [0.29, 0.717) is 5.92 Å². The molecule has 1 aromatic heterocycles. The van der Waals surface area contributed by atoms with Gasteiger partial charge in [0.15, 0.2) is 0 Å². The Labute approximate surface area is 115 Å². The molecule has 0 saturated carbocycles. The number of aryl methyl sites for hydroxylation is 1. The molecule has 1 rings (SSSR count). The van der Waals surface area contributed by atoms with Gasteiger partial charge in [-0.1, -0.05) is 20.8 Å². The number of hydrogen-bond acceptors (Lipinski definition) is 4. The predicted molar refractivity (Wildman–Crippen MR) is 75.0 cm³/mol. The van der Waals surface area contributed by atoms with Crippen LogP contribution in [0.15, 0.2) is 0 Å². The Morgan fingerprint density at radius 1 is 1.42 bits per heavy atom. The SMILES string of the molecule is CCc1nc(C(=O)NC(CC(C)C)CN(C)C)n[nH]1. The van der Waals surface area contributed by atoms with Gasteiger partial charge in [-0.3, -0.25) is 9.89 Å². The molecular formula is C13H25N5O. The predicted octanol–water partition coefficient (Wildman–Crippen LogP) is 1.07. The second kappa shape index (κ2) is 7.23. The zero-order valence-electron chi connectivity index (χ0n) is 12.5. The van der Waals surface area contributed by atoms with Crippen LogP contribution in [0.5, 0.6) is 0 Å². The minimum atomic E-state index is -0.205. The molecule has 1 atom stereocenters. The molecule has 6 heteroatoms. The van der Waals surface area contributed by atoms with Crippen LogP contribution in [-0.4, -0.2) is 52.7 Å². The molecule has 19 heavy (non-hydrogen) atoms. The monoisotopic (exact) mass is 267 g/mol. The largest absolute Gasteiger partial charge is 0.345 e. The van der Waals surface area contributed by atoms with Crippen molar-refractivity contribution in [3.63, 3.8) is 0 Å². The quantitative estimate of drug-likeness (QED) is 0.775. The van der Waals surface area contributed by atoms with E-state index in [0.717, 1.165) is 25.2 Å². The number of carbonyl (C=O) groups excluding carboxylic acids is 1. The molecule has 1 amide bonds. The number of hydrogen-bond donors (Lipinski definition) is 2. The highest BCUT2D eigenvalue weighted by atomic mass is 16.2. The van der Waals surface area contributed by atoms with Crippen LogP contribution in [0.25, 0.3) is 0 Å². The van der Waals surface area contributed by atoms with E-state index in [1.165, 1.54) is 0 Å². The standard InChI is InChI=1S/C13H25N5O/c1-6-11-15-12(17-16-11)13(19)14-10(7-9(2)3)8-18(4)5/h9-10H,6-8H2,1-5H3,(H,14,19)(H,15,16,17). The first kappa shape index (κ1) is 15.6. The second-order valence-corrected chi connectivity index (χ2v) is 5.52. The lowest BCUT2D eigenvalue weighted by molar-refractivity contribution is 0.0914. The normalized spacial score (nSPS) is 13.0. The average molecular weight is 267 g/mol. The molecule has 108 valence electrons. The fraction of sp³-hybridized carbons (Fsp3) is 0.769. The van der Waals surface area contributed by atoms with Gasteiger partial charge in [0.05, 0.1) is 0 Å². The number of carbonyl (C=O) groups is 1. The topological polar surface area (TPSA) is 73.9 Å². The number of aromatic amines is 1. The summed E-state index contributed by atoms with van der Waals surface area (Å²) >= 11 is 0. The Hall–Kier alpha value is -1.43. The number of nitrogens with one attached hydrogen (secondary N) is 2. The summed E-state index contributed by atoms with van der Waals surface area (Å²) in [6.45, 7) is 7.08. The molecule has 2 N–H and O–H groups in total. The lowest BCUT2D eigenvalue weighted by atomic mass is 10.0. The van der Waals surface area contributed by atoms with Crippen molar-refractivity contribution in [3.05, 3.63) is 11.6 Å². The minimum absolute atomic E-state index is 0.117. The maximum absolute atomic E-state index is 12.1. The summed E-state index contributed by atoms with van der Waals surface area (Å²) in [4.78, 5) is 18.3. The number of rotatable bonds is 7. The van der Waals surface area contributed by atoms with Crippen molar-refractivity contribution in [1.82, 2.24) is 25.4 Å². The van der Waals surface area contributed by atoms with E-state index in [-0.39, 0.29) is 17.8 Å². The smallest absolute Gasteiger partial charge is 0.291 e. The highest BCUT2D eigenvalue weighted by Gasteiger charge is 2.18. The van der Waals surface area contributed by atoms with Gasteiger partial charge in [-0.25, -0.2) is 4.98 Å². The van der Waals surface area contributed by atoms with Gasteiger partial charge < -0.3 is 10.2 Å². The third-order valence-corrected chi connectivity index (χ3v) is 2.75. The second-order valence-electron chi connectivity index (χ2n) is 5.52. The molecule has 1 unspecified atom stereocenters. The molecule has 0 aliphatic rings. The number of nitrogens with zero attached hydrogens (tertiary/aromatic N) is 3. The van der Waals surface area contributed by atoms with Gasteiger partial charge in [0.1, 0.15) is 5.82 Å². The lowest BCUT2D eigenvalue weighted by Gasteiger charge is -2.23. The molecule has 0 radical (unpaired) electrons. The summed E-state index contributed by atoms with van der Waals surface area (Å²) in [5.41, 5.74) is 0. The van der Waals surface area contributed by atoms with Crippen LogP contribution in [0, 0.1) is 5.92 Å². The van der Waals surface area contributed by atoms with E-state index in [4.69, 9.17) is 0 Å². The molecule has 0 fully saturated rings. The highest BCUT2D eigenvalue weighted by molar-refractivity contribution is 5.90. The Balaban J connectivity index is 2.64. The molecule has 1 aromatic rings. The zero-order valence-corrected chi connectivity index (χ0v) is 12.5. The molecule has 0 saturated heterocycles. The van der Waals surface area contributed by atoms with Crippen molar-refractivity contribution in [2.24, 2.45) is 5.92 Å². The van der Waals surface area contributed by atoms with Gasteiger partial charge in [0, 0.05) is 19.0 Å². The average Bonchev–Trinajstić information content (AvgIpc) is 2.75. The summed E-state index contributed by atoms with van der Waals surface area (Å²) in [5.74, 6) is 1.29. The van der Waals surface area contributed by atoms with Crippen LogP contribution in [0.1, 0.15) is 43.6 Å². The Morgan fingerprint density at radius 3 is 2.58 bits per heavy atom. The van der Waals surface area contributed by atoms with Crippen molar-refractivity contribution < 1.29 is 4.79 Å². The maximum atomic E-state index is 12.1. The number of likely N-dealkylation sites (N-methyl/N-ethyl adjacent to an activating group) is 1. The zero-order chi connectivity index (χ0) is 14.4. The minimum Gasteiger partial charge on any atom is -0.345 e. The summed E-state index contributed by atoms with van der Waals surface area (Å²) in [7, 11) is 4.00. The molecule has 1 heterocycles. The van der Waals surface area contributed by atoms with E-state index >= 15 is 0 Å². The van der Waals surface area contributed by atoms with Crippen molar-refractivity contribution in [2.75, 3.05) is 20.6 Å². The fourth-order valence-corrected chi connectivity index (χ4v) is 1.99. The number of amides is 1. The highest BCUT2D eigenvalue weighted by Crippen LogP contribution is 2.06. The van der Waals surface area contributed by atoms with Crippen LogP contribution < -0.4 is 5.32 Å². The van der Waals surface area contributed by atoms with Gasteiger partial charge in [0.25, 0.3) is 5.91 Å². The maximum Gasteiger partial charge on any atom is 0.291 e. The molecule has 0 aromatic carbocycles. The molecule has 0 aliphatic carbocycles. The summed E-state index contributed by atoms with van der Waals surface area (Å²) < 4.78 is 0. The summed E-state index contributed by atoms with van der Waals surface area (Å²) in [6, 6.07) is 0.117. The number of H-pyrrole nitrogens is 1.